The van der Waals surface area contributed by atoms with Gasteiger partial charge in [0.1, 0.15) is 5.00 Å². The second-order valence-electron chi connectivity index (χ2n) is 7.50. The molecule has 0 fully saturated rings. The number of carbonyl (C=O) groups excluding carboxylic acids is 2. The highest BCUT2D eigenvalue weighted by Crippen LogP contribution is 2.40. The number of fused-ring (bicyclic) bond motifs is 2. The summed E-state index contributed by atoms with van der Waals surface area (Å²) in [4.78, 5) is 27.4. The molecule has 0 unspecified atom stereocenters. The lowest BCUT2D eigenvalue weighted by atomic mass is 10.1. The van der Waals surface area contributed by atoms with Gasteiger partial charge in [-0.2, -0.15) is 0 Å². The molecule has 1 aliphatic rings. The number of thiophene rings is 1. The fourth-order valence-corrected chi connectivity index (χ4v) is 5.57. The Morgan fingerprint density at radius 3 is 2.45 bits per heavy atom. The zero-order valence-electron chi connectivity index (χ0n) is 16.6. The van der Waals surface area contributed by atoms with Crippen molar-refractivity contribution < 1.29 is 9.59 Å². The highest BCUT2D eigenvalue weighted by molar-refractivity contribution is 9.10. The van der Waals surface area contributed by atoms with Crippen LogP contribution in [0.2, 0.25) is 0 Å². The Hall–Kier alpha value is -2.96. The summed E-state index contributed by atoms with van der Waals surface area (Å²) in [6, 6.07) is 21.0. The Morgan fingerprint density at radius 1 is 0.839 bits per heavy atom. The van der Waals surface area contributed by atoms with E-state index in [9.17, 15) is 9.59 Å². The molecular formula is C25H19BrN2O2S. The zero-order valence-corrected chi connectivity index (χ0v) is 19.0. The summed E-state index contributed by atoms with van der Waals surface area (Å²) >= 11 is 4.90. The van der Waals surface area contributed by atoms with Crippen molar-refractivity contribution in [3.05, 3.63) is 92.8 Å². The van der Waals surface area contributed by atoms with E-state index < -0.39 is 0 Å². The third-order valence-corrected chi connectivity index (χ3v) is 7.26. The molecule has 0 saturated heterocycles. The molecule has 1 aliphatic carbocycles. The minimum Gasteiger partial charge on any atom is -0.321 e. The molecular weight excluding hydrogens is 472 g/mol. The minimum absolute atomic E-state index is 0.179. The summed E-state index contributed by atoms with van der Waals surface area (Å²) in [6.45, 7) is 0. The van der Waals surface area contributed by atoms with E-state index in [1.807, 2.05) is 54.6 Å². The number of aryl methyl sites for hydroxylation is 1. The highest BCUT2D eigenvalue weighted by atomic mass is 79.9. The van der Waals surface area contributed by atoms with Crippen LogP contribution >= 0.6 is 27.3 Å². The minimum atomic E-state index is -0.216. The largest absolute Gasteiger partial charge is 0.321 e. The van der Waals surface area contributed by atoms with E-state index >= 15 is 0 Å². The molecule has 1 aromatic heterocycles. The van der Waals surface area contributed by atoms with Gasteiger partial charge in [0.25, 0.3) is 11.8 Å². The Bertz CT molecular complexity index is 1310. The maximum absolute atomic E-state index is 13.4. The summed E-state index contributed by atoms with van der Waals surface area (Å²) in [5.41, 5.74) is 2.98. The molecule has 0 saturated carbocycles. The molecule has 4 aromatic rings. The predicted octanol–water partition coefficient (Wildman–Crippen LogP) is 6.66. The zero-order chi connectivity index (χ0) is 21.4. The van der Waals surface area contributed by atoms with Gasteiger partial charge in [-0.3, -0.25) is 9.59 Å². The predicted molar refractivity (Wildman–Crippen MR) is 130 cm³/mol. The number of nitrogens with one attached hydrogen (secondary N) is 2. The first kappa shape index (κ1) is 20.0. The summed E-state index contributed by atoms with van der Waals surface area (Å²) < 4.78 is 0.911. The number of hydrogen-bond acceptors (Lipinski definition) is 3. The highest BCUT2D eigenvalue weighted by Gasteiger charge is 2.28. The molecule has 0 radical (unpaired) electrons. The first-order chi connectivity index (χ1) is 15.1. The van der Waals surface area contributed by atoms with E-state index in [2.05, 4.69) is 26.6 Å². The van der Waals surface area contributed by atoms with Crippen LogP contribution in [0, 0.1) is 0 Å². The molecule has 5 rings (SSSR count). The van der Waals surface area contributed by atoms with Crippen molar-refractivity contribution in [1.29, 1.82) is 0 Å². The Labute approximate surface area is 192 Å². The molecule has 0 atom stereocenters. The first-order valence-corrected chi connectivity index (χ1v) is 11.7. The number of hydrogen-bond donors (Lipinski definition) is 2. The lowest BCUT2D eigenvalue weighted by Crippen LogP contribution is -2.18. The second kappa shape index (κ2) is 8.29. The van der Waals surface area contributed by atoms with Crippen LogP contribution in [0.1, 0.15) is 37.6 Å². The number of benzene rings is 3. The van der Waals surface area contributed by atoms with Crippen LogP contribution in [0.3, 0.4) is 0 Å². The molecule has 0 spiro atoms. The van der Waals surface area contributed by atoms with Crippen LogP contribution in [0.25, 0.3) is 10.8 Å². The summed E-state index contributed by atoms with van der Waals surface area (Å²) in [6.07, 6.45) is 2.84. The van der Waals surface area contributed by atoms with Crippen molar-refractivity contribution in [2.45, 2.75) is 19.3 Å². The molecule has 0 aliphatic heterocycles. The standard InChI is InChI=1S/C25H19BrN2O2S/c26-17-13-11-16(12-14-17)23(29)28-25-22(19-8-4-10-21(19)31-25)24(30)27-20-9-3-6-15-5-1-2-7-18(15)20/h1-3,5-7,9,11-14H,4,8,10H2,(H,27,30)(H,28,29). The van der Waals surface area contributed by atoms with E-state index in [1.54, 1.807) is 12.1 Å². The lowest BCUT2D eigenvalue weighted by molar-refractivity contribution is 0.102. The molecule has 4 nitrogen and oxygen atoms in total. The number of carbonyl (C=O) groups is 2. The van der Waals surface area contributed by atoms with Crippen molar-refractivity contribution >= 4 is 60.5 Å². The van der Waals surface area contributed by atoms with Crippen molar-refractivity contribution in [3.8, 4) is 0 Å². The van der Waals surface area contributed by atoms with Crippen LogP contribution in [0.5, 0.6) is 0 Å². The summed E-state index contributed by atoms with van der Waals surface area (Å²) in [5, 5.41) is 8.75. The smallest absolute Gasteiger partial charge is 0.258 e. The topological polar surface area (TPSA) is 58.2 Å². The van der Waals surface area contributed by atoms with Gasteiger partial charge in [0, 0.05) is 26.0 Å². The molecule has 0 bridgehead atoms. The first-order valence-electron chi connectivity index (χ1n) is 10.1. The van der Waals surface area contributed by atoms with Crippen molar-refractivity contribution in [2.75, 3.05) is 10.6 Å². The van der Waals surface area contributed by atoms with E-state index in [0.717, 1.165) is 45.8 Å². The van der Waals surface area contributed by atoms with Crippen LogP contribution in [0.4, 0.5) is 10.7 Å². The van der Waals surface area contributed by atoms with E-state index in [4.69, 9.17) is 0 Å². The van der Waals surface area contributed by atoms with Gasteiger partial charge in [0.05, 0.1) is 5.56 Å². The maximum Gasteiger partial charge on any atom is 0.258 e. The second-order valence-corrected chi connectivity index (χ2v) is 9.52. The fraction of sp³-hybridized carbons (Fsp3) is 0.120. The molecule has 6 heteroatoms. The van der Waals surface area contributed by atoms with Gasteiger partial charge in [-0.25, -0.2) is 0 Å². The summed E-state index contributed by atoms with van der Waals surface area (Å²) in [5.74, 6) is -0.395. The average Bonchev–Trinajstić information content (AvgIpc) is 3.35. The summed E-state index contributed by atoms with van der Waals surface area (Å²) in [7, 11) is 0. The number of halogens is 1. The van der Waals surface area contributed by atoms with Gasteiger partial charge in [0.2, 0.25) is 0 Å². The van der Waals surface area contributed by atoms with Crippen LogP contribution in [-0.4, -0.2) is 11.8 Å². The molecule has 2 N–H and O–H groups in total. The molecule has 3 aromatic carbocycles. The van der Waals surface area contributed by atoms with Crippen molar-refractivity contribution in [1.82, 2.24) is 0 Å². The third-order valence-electron chi connectivity index (χ3n) is 5.52. The van der Waals surface area contributed by atoms with Gasteiger partial charge >= 0.3 is 0 Å². The number of anilines is 2. The Kier molecular flexibility index (Phi) is 5.34. The van der Waals surface area contributed by atoms with Crippen molar-refractivity contribution in [3.63, 3.8) is 0 Å². The molecule has 31 heavy (non-hydrogen) atoms. The SMILES string of the molecule is O=C(Nc1sc2c(c1C(=O)Nc1cccc3ccccc13)CCC2)c1ccc(Br)cc1. The Balaban J connectivity index is 1.47. The monoisotopic (exact) mass is 490 g/mol. The maximum atomic E-state index is 13.4. The molecule has 1 heterocycles. The van der Waals surface area contributed by atoms with Gasteiger partial charge in [-0.15, -0.1) is 11.3 Å². The molecule has 154 valence electrons. The van der Waals surface area contributed by atoms with Gasteiger partial charge in [0.15, 0.2) is 0 Å². The van der Waals surface area contributed by atoms with E-state index in [0.29, 0.717) is 16.1 Å². The fourth-order valence-electron chi connectivity index (χ4n) is 4.03. The number of rotatable bonds is 4. The van der Waals surface area contributed by atoms with E-state index in [1.165, 1.54) is 16.2 Å². The Morgan fingerprint density at radius 2 is 1.61 bits per heavy atom. The molecule has 2 amide bonds. The van der Waals surface area contributed by atoms with Crippen LogP contribution in [-0.2, 0) is 12.8 Å². The lowest BCUT2D eigenvalue weighted by Gasteiger charge is -2.11. The average molecular weight is 491 g/mol. The van der Waals surface area contributed by atoms with Crippen LogP contribution < -0.4 is 10.6 Å². The third kappa shape index (κ3) is 3.89. The quantitative estimate of drug-likeness (QED) is 0.336. The number of amides is 2. The van der Waals surface area contributed by atoms with Crippen LogP contribution in [0.15, 0.2) is 71.2 Å². The van der Waals surface area contributed by atoms with Gasteiger partial charge < -0.3 is 10.6 Å². The van der Waals surface area contributed by atoms with Crippen molar-refractivity contribution in [2.24, 2.45) is 0 Å². The van der Waals surface area contributed by atoms with E-state index in [-0.39, 0.29) is 11.8 Å². The van der Waals surface area contributed by atoms with Gasteiger partial charge in [-0.05, 0) is 60.5 Å². The van der Waals surface area contributed by atoms with Gasteiger partial charge in [-0.1, -0.05) is 52.3 Å². The normalized spacial score (nSPS) is 12.5.